The fraction of sp³-hybridized carbons (Fsp3) is 0.133. The van der Waals surface area contributed by atoms with Gasteiger partial charge in [0, 0.05) is 12.4 Å². The minimum Gasteiger partial charge on any atom is -0.324 e. The number of hydrogen-bond donors (Lipinski definition) is 6. The summed E-state index contributed by atoms with van der Waals surface area (Å²) in [6.07, 6.45) is 3.51. The summed E-state index contributed by atoms with van der Waals surface area (Å²) in [7, 11) is 0. The molecule has 0 saturated carbocycles. The zero-order valence-corrected chi connectivity index (χ0v) is 22.8. The number of nitrogens with one attached hydrogen (secondary N) is 6. The van der Waals surface area contributed by atoms with Gasteiger partial charge in [0.25, 0.3) is 0 Å². The number of pyridine rings is 2. The standard InChI is InChI=1S/C30H26N12/c1-17-9-11-19-21(15-17)35-25(33-19)37-27-39-29(23-7-3-5-13-31-23)30(40-27,24-8-4-6-14-32-24)42-28(41-29)38-26-34-20-12-10-18(2)16-22(20)36-26/h3-16H,1-2H3,(H3,33,35,37,39,40)(H3,34,36,38,41,42). The van der Waals surface area contributed by atoms with Crippen molar-refractivity contribution in [1.29, 1.82) is 0 Å². The maximum Gasteiger partial charge on any atom is 0.231 e. The van der Waals surface area contributed by atoms with Gasteiger partial charge < -0.3 is 31.2 Å². The second kappa shape index (κ2) is 8.86. The van der Waals surface area contributed by atoms with E-state index in [4.69, 9.17) is 20.0 Å². The summed E-state index contributed by atoms with van der Waals surface area (Å²) in [4.78, 5) is 35.1. The first-order chi connectivity index (χ1) is 20.5. The molecule has 0 amide bonds. The Bertz CT molecular complexity index is 1860. The van der Waals surface area contributed by atoms with E-state index in [0.29, 0.717) is 35.2 Å². The highest BCUT2D eigenvalue weighted by atomic mass is 15.6. The summed E-state index contributed by atoms with van der Waals surface area (Å²) in [5.74, 6) is 1.87. The fourth-order valence-corrected chi connectivity index (χ4v) is 5.65. The topological polar surface area (TPSA) is 156 Å². The number of H-pyrrole nitrogens is 2. The average molecular weight is 555 g/mol. The van der Waals surface area contributed by atoms with Gasteiger partial charge in [-0.2, -0.15) is 9.98 Å². The highest BCUT2D eigenvalue weighted by Gasteiger charge is 2.67. The first-order valence-electron chi connectivity index (χ1n) is 13.6. The smallest absolute Gasteiger partial charge is 0.231 e. The second-order valence-electron chi connectivity index (χ2n) is 10.5. The number of aliphatic imine (C=N–C) groups is 2. The lowest BCUT2D eigenvalue weighted by molar-refractivity contribution is 0.197. The van der Waals surface area contributed by atoms with Gasteiger partial charge in [0.05, 0.1) is 33.5 Å². The highest BCUT2D eigenvalue weighted by molar-refractivity contribution is 5.95. The molecule has 2 aliphatic heterocycles. The van der Waals surface area contributed by atoms with Crippen molar-refractivity contribution in [2.75, 3.05) is 0 Å². The third-order valence-electron chi connectivity index (χ3n) is 7.57. The summed E-state index contributed by atoms with van der Waals surface area (Å²) in [5.41, 5.74) is 5.00. The van der Waals surface area contributed by atoms with E-state index in [9.17, 15) is 0 Å². The van der Waals surface area contributed by atoms with Crippen molar-refractivity contribution < 1.29 is 0 Å². The summed E-state index contributed by atoms with van der Waals surface area (Å²) >= 11 is 0. The van der Waals surface area contributed by atoms with E-state index >= 15 is 0 Å². The molecule has 0 bridgehead atoms. The first kappa shape index (κ1) is 24.1. The minimum atomic E-state index is -1.08. The van der Waals surface area contributed by atoms with Gasteiger partial charge in [0.2, 0.25) is 35.1 Å². The van der Waals surface area contributed by atoms with Crippen molar-refractivity contribution in [3.8, 4) is 0 Å². The number of imidazole rings is 2. The number of fused-ring (bicyclic) bond motifs is 3. The molecule has 6 heterocycles. The molecule has 0 radical (unpaired) electrons. The normalized spacial score (nSPS) is 21.0. The molecule has 4 aromatic heterocycles. The third-order valence-corrected chi connectivity index (χ3v) is 7.57. The Morgan fingerprint density at radius 3 is 1.43 bits per heavy atom. The molecule has 2 fully saturated rings. The number of aromatic amines is 2. The van der Waals surface area contributed by atoms with Gasteiger partial charge in [-0.15, -0.1) is 0 Å². The SMILES string of the molecule is Cc1ccc2[nH]c(N=C3NC4(c5ccccn5)NC(=Nc5nc6cc(C)ccc6[nH]5)NC4(c4ccccn4)N3)nc2c1. The Balaban J connectivity index is 1.27. The molecule has 12 nitrogen and oxygen atoms in total. The largest absolute Gasteiger partial charge is 0.324 e. The van der Waals surface area contributed by atoms with Crippen LogP contribution in [0.2, 0.25) is 0 Å². The van der Waals surface area contributed by atoms with Gasteiger partial charge in [-0.25, -0.2) is 9.97 Å². The van der Waals surface area contributed by atoms with Crippen LogP contribution in [-0.2, 0) is 11.3 Å². The van der Waals surface area contributed by atoms with Gasteiger partial charge in [-0.05, 0) is 73.5 Å². The van der Waals surface area contributed by atoms with Crippen LogP contribution in [0.15, 0.2) is 95.2 Å². The molecule has 8 rings (SSSR count). The van der Waals surface area contributed by atoms with Crippen LogP contribution in [0.5, 0.6) is 0 Å². The summed E-state index contributed by atoms with van der Waals surface area (Å²) in [5, 5.41) is 14.3. The lowest BCUT2D eigenvalue weighted by Gasteiger charge is -2.36. The fourth-order valence-electron chi connectivity index (χ4n) is 5.65. The summed E-state index contributed by atoms with van der Waals surface area (Å²) in [6, 6.07) is 23.7. The van der Waals surface area contributed by atoms with Crippen molar-refractivity contribution in [3.05, 3.63) is 108 Å². The molecule has 12 heteroatoms. The van der Waals surface area contributed by atoms with E-state index in [1.54, 1.807) is 12.4 Å². The molecule has 0 spiro atoms. The number of rotatable bonds is 4. The Kier molecular flexibility index (Phi) is 5.07. The lowest BCUT2D eigenvalue weighted by atomic mass is 9.88. The Morgan fingerprint density at radius 1 is 0.571 bits per heavy atom. The second-order valence-corrected chi connectivity index (χ2v) is 10.5. The van der Waals surface area contributed by atoms with Crippen LogP contribution in [0.4, 0.5) is 11.9 Å². The number of benzene rings is 2. The first-order valence-corrected chi connectivity index (χ1v) is 13.6. The van der Waals surface area contributed by atoms with Crippen molar-refractivity contribution in [3.63, 3.8) is 0 Å². The lowest BCUT2D eigenvalue weighted by Crippen LogP contribution is -2.61. The molecule has 2 saturated heterocycles. The van der Waals surface area contributed by atoms with Crippen LogP contribution in [0.3, 0.4) is 0 Å². The van der Waals surface area contributed by atoms with Crippen molar-refractivity contribution in [2.24, 2.45) is 9.98 Å². The van der Waals surface area contributed by atoms with Crippen molar-refractivity contribution >= 4 is 45.9 Å². The van der Waals surface area contributed by atoms with Gasteiger partial charge in [0.1, 0.15) is 0 Å². The summed E-state index contributed by atoms with van der Waals surface area (Å²) in [6.45, 7) is 4.08. The van der Waals surface area contributed by atoms with Crippen LogP contribution >= 0.6 is 0 Å². The van der Waals surface area contributed by atoms with E-state index in [1.807, 2.05) is 86.6 Å². The third kappa shape index (κ3) is 3.69. The molecule has 42 heavy (non-hydrogen) atoms. The Hall–Kier alpha value is -5.78. The molecule has 2 aromatic carbocycles. The zero-order valence-electron chi connectivity index (χ0n) is 22.8. The van der Waals surface area contributed by atoms with E-state index < -0.39 is 11.3 Å². The molecule has 6 aromatic rings. The molecular weight excluding hydrogens is 528 g/mol. The molecule has 0 atom stereocenters. The van der Waals surface area contributed by atoms with Crippen molar-refractivity contribution in [1.82, 2.24) is 51.2 Å². The van der Waals surface area contributed by atoms with Crippen LogP contribution < -0.4 is 21.3 Å². The zero-order chi connectivity index (χ0) is 28.3. The molecule has 0 unspecified atom stereocenters. The Morgan fingerprint density at radius 2 is 1.02 bits per heavy atom. The van der Waals surface area contributed by atoms with Gasteiger partial charge in [0.15, 0.2) is 0 Å². The predicted molar refractivity (Wildman–Crippen MR) is 160 cm³/mol. The van der Waals surface area contributed by atoms with Crippen LogP contribution in [-0.4, -0.2) is 41.8 Å². The maximum atomic E-state index is 4.83. The number of aromatic nitrogens is 6. The Labute approximate surface area is 239 Å². The van der Waals surface area contributed by atoms with Crippen LogP contribution in [0.25, 0.3) is 22.1 Å². The van der Waals surface area contributed by atoms with Crippen LogP contribution in [0, 0.1) is 13.8 Å². The van der Waals surface area contributed by atoms with Crippen LogP contribution in [0.1, 0.15) is 22.5 Å². The average Bonchev–Trinajstić information content (AvgIpc) is 3.73. The molecule has 206 valence electrons. The maximum absolute atomic E-state index is 4.83. The highest BCUT2D eigenvalue weighted by Crippen LogP contribution is 2.42. The molecular formula is C30H26N12. The minimum absolute atomic E-state index is 0.462. The van der Waals surface area contributed by atoms with E-state index in [2.05, 4.69) is 41.2 Å². The molecule has 2 aliphatic rings. The predicted octanol–water partition coefficient (Wildman–Crippen LogP) is 3.61. The number of hydrogen-bond acceptors (Lipinski definition) is 6. The van der Waals surface area contributed by atoms with E-state index in [0.717, 1.165) is 33.2 Å². The number of nitrogens with zero attached hydrogens (tertiary/aromatic N) is 6. The number of guanidine groups is 2. The summed E-state index contributed by atoms with van der Waals surface area (Å²) < 4.78 is 0. The van der Waals surface area contributed by atoms with E-state index in [1.165, 1.54) is 0 Å². The van der Waals surface area contributed by atoms with Gasteiger partial charge in [-0.3, -0.25) is 9.97 Å². The monoisotopic (exact) mass is 554 g/mol. The molecule has 0 aliphatic carbocycles. The molecule has 6 N–H and O–H groups in total. The van der Waals surface area contributed by atoms with Crippen molar-refractivity contribution in [2.45, 2.75) is 25.2 Å². The van der Waals surface area contributed by atoms with Gasteiger partial charge in [-0.1, -0.05) is 24.3 Å². The quantitative estimate of drug-likeness (QED) is 0.193. The van der Waals surface area contributed by atoms with E-state index in [-0.39, 0.29) is 0 Å². The van der Waals surface area contributed by atoms with Gasteiger partial charge >= 0.3 is 0 Å². The number of aryl methyl sites for hydroxylation is 2.